The van der Waals surface area contributed by atoms with Crippen LogP contribution < -0.4 is 15.2 Å². The molecule has 120 valence electrons. The van der Waals surface area contributed by atoms with Crippen LogP contribution in [0.1, 0.15) is 46.2 Å². The molecule has 0 bridgehead atoms. The Morgan fingerprint density at radius 1 is 0.952 bits per heavy atom. The number of ether oxygens (including phenoxy) is 3. The highest BCUT2D eigenvalue weighted by atomic mass is 16.5. The third kappa shape index (κ3) is 4.90. The Labute approximate surface area is 128 Å². The van der Waals surface area contributed by atoms with Crippen LogP contribution in [0.5, 0.6) is 11.5 Å². The van der Waals surface area contributed by atoms with Gasteiger partial charge in [-0.15, -0.1) is 0 Å². The van der Waals surface area contributed by atoms with Gasteiger partial charge in [0.15, 0.2) is 11.5 Å². The molecule has 2 N–H and O–H groups in total. The van der Waals surface area contributed by atoms with Crippen LogP contribution in [0, 0.1) is 5.92 Å². The number of benzene rings is 1. The van der Waals surface area contributed by atoms with Crippen LogP contribution in [-0.2, 0) is 4.74 Å². The molecule has 0 fully saturated rings. The minimum atomic E-state index is -0.181. The van der Waals surface area contributed by atoms with E-state index in [0.29, 0.717) is 25.7 Å². The summed E-state index contributed by atoms with van der Waals surface area (Å²) in [7, 11) is 0. The van der Waals surface area contributed by atoms with Gasteiger partial charge in [0.2, 0.25) is 0 Å². The normalized spacial score (nSPS) is 14.0. The molecular formula is C17H29NO3. The fraction of sp³-hybridized carbons (Fsp3) is 0.647. The number of hydrogen-bond donors (Lipinski definition) is 1. The van der Waals surface area contributed by atoms with E-state index in [0.717, 1.165) is 17.1 Å². The van der Waals surface area contributed by atoms with E-state index in [-0.39, 0.29) is 12.1 Å². The van der Waals surface area contributed by atoms with Gasteiger partial charge in [0.05, 0.1) is 25.4 Å². The summed E-state index contributed by atoms with van der Waals surface area (Å²) in [4.78, 5) is 0. The summed E-state index contributed by atoms with van der Waals surface area (Å²) in [6, 6.07) is 5.70. The standard InChI is InChI=1S/C17H29NO3/c1-6-19-14-10-9-13(11-15(14)20-7-2)16(18)17(12(4)5)21-8-3/h9-12,16-17H,6-8,18H2,1-5H3. The van der Waals surface area contributed by atoms with E-state index in [1.54, 1.807) is 0 Å². The molecule has 4 nitrogen and oxygen atoms in total. The molecule has 1 aromatic carbocycles. The lowest BCUT2D eigenvalue weighted by atomic mass is 9.94. The lowest BCUT2D eigenvalue weighted by Crippen LogP contribution is -2.33. The SMILES string of the molecule is CCOc1ccc(C(N)C(OCC)C(C)C)cc1OCC. The molecule has 21 heavy (non-hydrogen) atoms. The molecule has 0 radical (unpaired) electrons. The Morgan fingerprint density at radius 2 is 1.57 bits per heavy atom. The van der Waals surface area contributed by atoms with E-state index >= 15 is 0 Å². The van der Waals surface area contributed by atoms with Crippen molar-refractivity contribution in [3.8, 4) is 11.5 Å². The molecular weight excluding hydrogens is 266 g/mol. The minimum absolute atomic E-state index is 0.0116. The second-order valence-corrected chi connectivity index (χ2v) is 5.26. The van der Waals surface area contributed by atoms with Gasteiger partial charge in [0.1, 0.15) is 0 Å². The van der Waals surface area contributed by atoms with Crippen molar-refractivity contribution in [2.24, 2.45) is 11.7 Å². The van der Waals surface area contributed by atoms with Crippen molar-refractivity contribution in [1.82, 2.24) is 0 Å². The average molecular weight is 295 g/mol. The topological polar surface area (TPSA) is 53.7 Å². The maximum absolute atomic E-state index is 6.39. The third-order valence-corrected chi connectivity index (χ3v) is 3.32. The second kappa shape index (κ2) is 8.90. The van der Waals surface area contributed by atoms with Gasteiger partial charge in [0.25, 0.3) is 0 Å². The summed E-state index contributed by atoms with van der Waals surface area (Å²) < 4.78 is 17.0. The fourth-order valence-electron chi connectivity index (χ4n) is 2.37. The largest absolute Gasteiger partial charge is 0.490 e. The molecule has 0 amide bonds. The zero-order valence-electron chi connectivity index (χ0n) is 13.9. The zero-order chi connectivity index (χ0) is 15.8. The highest BCUT2D eigenvalue weighted by Gasteiger charge is 2.24. The predicted octanol–water partition coefficient (Wildman–Crippen LogP) is 3.54. The first-order valence-electron chi connectivity index (χ1n) is 7.81. The van der Waals surface area contributed by atoms with Crippen LogP contribution >= 0.6 is 0 Å². The van der Waals surface area contributed by atoms with Crippen LogP contribution in [0.3, 0.4) is 0 Å². The van der Waals surface area contributed by atoms with Crippen molar-refractivity contribution in [3.05, 3.63) is 23.8 Å². The fourth-order valence-corrected chi connectivity index (χ4v) is 2.37. The molecule has 2 atom stereocenters. The van der Waals surface area contributed by atoms with Gasteiger partial charge < -0.3 is 19.9 Å². The van der Waals surface area contributed by atoms with E-state index in [9.17, 15) is 0 Å². The van der Waals surface area contributed by atoms with Crippen molar-refractivity contribution in [3.63, 3.8) is 0 Å². The molecule has 0 heterocycles. The van der Waals surface area contributed by atoms with E-state index in [4.69, 9.17) is 19.9 Å². The quantitative estimate of drug-likeness (QED) is 0.757. The van der Waals surface area contributed by atoms with Gasteiger partial charge in [-0.2, -0.15) is 0 Å². The van der Waals surface area contributed by atoms with Crippen molar-refractivity contribution in [2.75, 3.05) is 19.8 Å². The lowest BCUT2D eigenvalue weighted by molar-refractivity contribution is 0.0121. The molecule has 0 aliphatic rings. The summed E-state index contributed by atoms with van der Waals surface area (Å²) in [5, 5.41) is 0. The van der Waals surface area contributed by atoms with Gasteiger partial charge >= 0.3 is 0 Å². The lowest BCUT2D eigenvalue weighted by Gasteiger charge is -2.28. The van der Waals surface area contributed by atoms with Crippen molar-refractivity contribution >= 4 is 0 Å². The summed E-state index contributed by atoms with van der Waals surface area (Å²) in [5.74, 6) is 1.85. The Bertz CT molecular complexity index is 420. The minimum Gasteiger partial charge on any atom is -0.490 e. The van der Waals surface area contributed by atoms with Crippen LogP contribution in [-0.4, -0.2) is 25.9 Å². The van der Waals surface area contributed by atoms with Gasteiger partial charge in [0, 0.05) is 6.61 Å². The summed E-state index contributed by atoms with van der Waals surface area (Å²) in [6.07, 6.45) is -0.0116. The second-order valence-electron chi connectivity index (χ2n) is 5.26. The summed E-state index contributed by atoms with van der Waals surface area (Å²) in [5.41, 5.74) is 7.40. The van der Waals surface area contributed by atoms with E-state index < -0.39 is 0 Å². The molecule has 0 aliphatic heterocycles. The summed E-state index contributed by atoms with van der Waals surface area (Å²) in [6.45, 7) is 12.0. The van der Waals surface area contributed by atoms with Crippen LogP contribution in [0.2, 0.25) is 0 Å². The zero-order valence-corrected chi connectivity index (χ0v) is 13.9. The van der Waals surface area contributed by atoms with Gasteiger partial charge in [-0.1, -0.05) is 19.9 Å². The molecule has 1 aromatic rings. The molecule has 2 unspecified atom stereocenters. The van der Waals surface area contributed by atoms with Crippen LogP contribution in [0.15, 0.2) is 18.2 Å². The molecule has 0 spiro atoms. The smallest absolute Gasteiger partial charge is 0.161 e. The first kappa shape index (κ1) is 17.8. The first-order valence-corrected chi connectivity index (χ1v) is 7.81. The van der Waals surface area contributed by atoms with E-state index in [1.165, 1.54) is 0 Å². The number of hydrogen-bond acceptors (Lipinski definition) is 4. The Hall–Kier alpha value is -1.26. The molecule has 0 aliphatic carbocycles. The Morgan fingerprint density at radius 3 is 2.10 bits per heavy atom. The molecule has 1 rings (SSSR count). The molecule has 0 saturated heterocycles. The monoisotopic (exact) mass is 295 g/mol. The number of rotatable bonds is 9. The highest BCUT2D eigenvalue weighted by molar-refractivity contribution is 5.44. The van der Waals surface area contributed by atoms with Crippen LogP contribution in [0.25, 0.3) is 0 Å². The van der Waals surface area contributed by atoms with Gasteiger partial charge in [-0.05, 0) is 44.4 Å². The van der Waals surface area contributed by atoms with Crippen molar-refractivity contribution in [2.45, 2.75) is 46.8 Å². The van der Waals surface area contributed by atoms with Gasteiger partial charge in [-0.25, -0.2) is 0 Å². The first-order chi connectivity index (χ1) is 10.0. The van der Waals surface area contributed by atoms with E-state index in [2.05, 4.69) is 13.8 Å². The maximum Gasteiger partial charge on any atom is 0.161 e. The summed E-state index contributed by atoms with van der Waals surface area (Å²) >= 11 is 0. The van der Waals surface area contributed by atoms with Crippen molar-refractivity contribution < 1.29 is 14.2 Å². The molecule has 0 saturated carbocycles. The number of nitrogens with two attached hydrogens (primary N) is 1. The Kier molecular flexibility index (Phi) is 7.54. The predicted molar refractivity (Wildman–Crippen MR) is 86.0 cm³/mol. The highest BCUT2D eigenvalue weighted by Crippen LogP contribution is 2.32. The third-order valence-electron chi connectivity index (χ3n) is 3.32. The average Bonchev–Trinajstić information content (AvgIpc) is 2.46. The Balaban J connectivity index is 3.02. The van der Waals surface area contributed by atoms with Gasteiger partial charge in [-0.3, -0.25) is 0 Å². The van der Waals surface area contributed by atoms with Crippen LogP contribution in [0.4, 0.5) is 0 Å². The van der Waals surface area contributed by atoms with Crippen molar-refractivity contribution in [1.29, 1.82) is 0 Å². The molecule has 0 aromatic heterocycles. The molecule has 4 heteroatoms. The van der Waals surface area contributed by atoms with E-state index in [1.807, 2.05) is 39.0 Å². The maximum atomic E-state index is 6.39.